The van der Waals surface area contributed by atoms with Crippen LogP contribution in [-0.4, -0.2) is 30.8 Å². The van der Waals surface area contributed by atoms with Crippen LogP contribution in [0, 0.1) is 11.7 Å². The maximum absolute atomic E-state index is 13.1. The molecule has 0 aliphatic heterocycles. The summed E-state index contributed by atoms with van der Waals surface area (Å²) in [5, 5.41) is 12.5. The van der Waals surface area contributed by atoms with Crippen molar-refractivity contribution in [3.63, 3.8) is 0 Å². The number of fused-ring (bicyclic) bond motifs is 3. The number of nitrogens with zero attached hydrogens (tertiary/aromatic N) is 4. The van der Waals surface area contributed by atoms with Gasteiger partial charge in [0.05, 0.1) is 16.7 Å². The highest BCUT2D eigenvalue weighted by Gasteiger charge is 2.17. The van der Waals surface area contributed by atoms with Crippen molar-refractivity contribution in [1.82, 2.24) is 24.5 Å². The van der Waals surface area contributed by atoms with Crippen LogP contribution in [0.1, 0.15) is 25.8 Å². The van der Waals surface area contributed by atoms with E-state index >= 15 is 0 Å². The summed E-state index contributed by atoms with van der Waals surface area (Å²) in [5.41, 5.74) is 1.44. The molecule has 0 aliphatic rings. The number of carbonyl (C=O) groups is 1. The Morgan fingerprint density at radius 2 is 1.88 bits per heavy atom. The Hall–Kier alpha value is -3.20. The summed E-state index contributed by atoms with van der Waals surface area (Å²) in [6, 6.07) is 13.4. The van der Waals surface area contributed by atoms with Crippen molar-refractivity contribution in [3.05, 3.63) is 70.3 Å². The van der Waals surface area contributed by atoms with Gasteiger partial charge >= 0.3 is 0 Å². The number of hydrogen-bond acceptors (Lipinski definition) is 5. The summed E-state index contributed by atoms with van der Waals surface area (Å²) >= 11 is 1.26. The Kier molecular flexibility index (Phi) is 6.55. The largest absolute Gasteiger partial charge is 0.351 e. The minimum Gasteiger partial charge on any atom is -0.351 e. The fraction of sp³-hybridized carbons (Fsp3) is 0.304. The van der Waals surface area contributed by atoms with E-state index in [-0.39, 0.29) is 23.0 Å². The van der Waals surface area contributed by atoms with E-state index in [1.165, 1.54) is 23.9 Å². The highest BCUT2D eigenvalue weighted by atomic mass is 32.2. The molecule has 0 spiro atoms. The van der Waals surface area contributed by atoms with E-state index in [4.69, 9.17) is 0 Å². The molecule has 1 amide bonds. The summed E-state index contributed by atoms with van der Waals surface area (Å²) in [6.07, 6.45) is 0.842. The molecule has 0 bridgehead atoms. The van der Waals surface area contributed by atoms with E-state index in [0.717, 1.165) is 12.0 Å². The van der Waals surface area contributed by atoms with Gasteiger partial charge in [-0.15, -0.1) is 10.2 Å². The first kappa shape index (κ1) is 22.0. The molecule has 2 aromatic heterocycles. The number of amides is 1. The van der Waals surface area contributed by atoms with Crippen molar-refractivity contribution in [2.24, 2.45) is 5.92 Å². The van der Waals surface area contributed by atoms with Crippen LogP contribution in [0.25, 0.3) is 16.7 Å². The van der Waals surface area contributed by atoms with Gasteiger partial charge in [0.1, 0.15) is 5.82 Å². The molecule has 0 saturated heterocycles. The number of rotatable bonds is 8. The summed E-state index contributed by atoms with van der Waals surface area (Å²) in [6.45, 7) is 5.08. The first-order chi connectivity index (χ1) is 15.4. The second-order valence-corrected chi connectivity index (χ2v) is 8.91. The zero-order chi connectivity index (χ0) is 22.7. The van der Waals surface area contributed by atoms with Gasteiger partial charge in [0, 0.05) is 13.1 Å². The maximum atomic E-state index is 13.1. The zero-order valence-electron chi connectivity index (χ0n) is 17.9. The highest BCUT2D eigenvalue weighted by Crippen LogP contribution is 2.22. The van der Waals surface area contributed by atoms with Crippen molar-refractivity contribution >= 4 is 34.3 Å². The monoisotopic (exact) mass is 453 g/mol. The molecule has 166 valence electrons. The third-order valence-corrected chi connectivity index (χ3v) is 6.07. The molecule has 0 saturated carbocycles. The Bertz CT molecular complexity index is 1310. The van der Waals surface area contributed by atoms with Crippen LogP contribution in [0.2, 0.25) is 0 Å². The van der Waals surface area contributed by atoms with E-state index in [9.17, 15) is 14.0 Å². The number of hydrogen-bond donors (Lipinski definition) is 1. The van der Waals surface area contributed by atoms with Gasteiger partial charge < -0.3 is 5.32 Å². The topological polar surface area (TPSA) is 81.3 Å². The minimum absolute atomic E-state index is 0.0882. The van der Waals surface area contributed by atoms with Crippen molar-refractivity contribution in [2.75, 3.05) is 5.75 Å². The molecule has 0 radical (unpaired) electrons. The van der Waals surface area contributed by atoms with Crippen LogP contribution >= 0.6 is 11.8 Å². The summed E-state index contributed by atoms with van der Waals surface area (Å²) in [5.74, 6) is 0.571. The van der Waals surface area contributed by atoms with E-state index in [2.05, 4.69) is 29.4 Å². The minimum atomic E-state index is -0.312. The number of thioether (sulfide) groups is 1. The van der Waals surface area contributed by atoms with Gasteiger partial charge in [-0.2, -0.15) is 0 Å². The second-order valence-electron chi connectivity index (χ2n) is 7.97. The molecule has 32 heavy (non-hydrogen) atoms. The Morgan fingerprint density at radius 3 is 2.62 bits per heavy atom. The molecular weight excluding hydrogens is 429 g/mol. The van der Waals surface area contributed by atoms with Crippen LogP contribution in [-0.2, 0) is 17.9 Å². The second kappa shape index (κ2) is 9.52. The summed E-state index contributed by atoms with van der Waals surface area (Å²) < 4.78 is 16.5. The molecule has 4 aromatic rings. The third-order valence-electron chi connectivity index (χ3n) is 5.14. The zero-order valence-corrected chi connectivity index (χ0v) is 18.7. The summed E-state index contributed by atoms with van der Waals surface area (Å²) in [4.78, 5) is 25.4. The van der Waals surface area contributed by atoms with Gasteiger partial charge in [0.2, 0.25) is 11.7 Å². The third kappa shape index (κ3) is 4.67. The summed E-state index contributed by atoms with van der Waals surface area (Å²) in [7, 11) is 0. The van der Waals surface area contributed by atoms with Crippen LogP contribution in [0.4, 0.5) is 4.39 Å². The normalized spacial score (nSPS) is 11.5. The lowest BCUT2D eigenvalue weighted by molar-refractivity contribution is -0.118. The SMILES string of the molecule is CC(C)CCn1c(=O)c2ccccc2n2c(SCC(=O)NCc3ccc(F)cc3)nnc12. The van der Waals surface area contributed by atoms with Gasteiger partial charge in [-0.05, 0) is 42.2 Å². The molecule has 4 rings (SSSR count). The smallest absolute Gasteiger partial charge is 0.262 e. The molecule has 9 heteroatoms. The Morgan fingerprint density at radius 1 is 1.12 bits per heavy atom. The van der Waals surface area contributed by atoms with E-state index in [0.29, 0.717) is 40.8 Å². The van der Waals surface area contributed by atoms with Gasteiger partial charge in [-0.1, -0.05) is 49.9 Å². The van der Waals surface area contributed by atoms with Crippen LogP contribution in [0.5, 0.6) is 0 Å². The molecule has 0 fully saturated rings. The molecular formula is C23H24FN5O2S. The van der Waals surface area contributed by atoms with Crippen LogP contribution in [0.3, 0.4) is 0 Å². The van der Waals surface area contributed by atoms with Crippen LogP contribution < -0.4 is 10.9 Å². The lowest BCUT2D eigenvalue weighted by Gasteiger charge is -2.12. The first-order valence-electron chi connectivity index (χ1n) is 10.4. The first-order valence-corrected chi connectivity index (χ1v) is 11.4. The average molecular weight is 454 g/mol. The Labute approximate surface area is 188 Å². The van der Waals surface area contributed by atoms with Gasteiger partial charge in [-0.25, -0.2) is 4.39 Å². The van der Waals surface area contributed by atoms with Gasteiger partial charge in [0.25, 0.3) is 5.56 Å². The quantitative estimate of drug-likeness (QED) is 0.412. The molecule has 0 atom stereocenters. The average Bonchev–Trinajstić information content (AvgIpc) is 3.21. The lowest BCUT2D eigenvalue weighted by Crippen LogP contribution is -2.25. The van der Waals surface area contributed by atoms with Crippen molar-refractivity contribution in [3.8, 4) is 0 Å². The number of aryl methyl sites for hydroxylation is 1. The van der Waals surface area contributed by atoms with Crippen molar-refractivity contribution < 1.29 is 9.18 Å². The number of carbonyl (C=O) groups excluding carboxylic acids is 1. The van der Waals surface area contributed by atoms with Crippen molar-refractivity contribution in [1.29, 1.82) is 0 Å². The molecule has 1 N–H and O–H groups in total. The molecule has 7 nitrogen and oxygen atoms in total. The highest BCUT2D eigenvalue weighted by molar-refractivity contribution is 7.99. The van der Waals surface area contributed by atoms with E-state index < -0.39 is 0 Å². The maximum Gasteiger partial charge on any atom is 0.262 e. The fourth-order valence-electron chi connectivity index (χ4n) is 3.40. The lowest BCUT2D eigenvalue weighted by atomic mass is 10.1. The van der Waals surface area contributed by atoms with Gasteiger partial charge in [0.15, 0.2) is 5.16 Å². The molecule has 2 aromatic carbocycles. The Balaban J connectivity index is 1.57. The predicted molar refractivity (Wildman–Crippen MR) is 123 cm³/mol. The number of para-hydroxylation sites is 1. The molecule has 0 aliphatic carbocycles. The number of benzene rings is 2. The number of halogens is 1. The van der Waals surface area contributed by atoms with Crippen molar-refractivity contribution in [2.45, 2.75) is 38.5 Å². The molecule has 2 heterocycles. The van der Waals surface area contributed by atoms with E-state index in [1.807, 2.05) is 22.6 Å². The number of nitrogens with one attached hydrogen (secondary N) is 1. The standard InChI is InChI=1S/C23H24FN5O2S/c1-15(2)11-12-28-21(31)18-5-3-4-6-19(18)29-22(28)26-27-23(29)32-14-20(30)25-13-16-7-9-17(24)10-8-16/h3-10,15H,11-14H2,1-2H3,(H,25,30). The fourth-order valence-corrected chi connectivity index (χ4v) is 4.17. The van der Waals surface area contributed by atoms with E-state index in [1.54, 1.807) is 22.8 Å². The molecule has 0 unspecified atom stereocenters. The number of aromatic nitrogens is 4. The van der Waals surface area contributed by atoms with Crippen LogP contribution in [0.15, 0.2) is 58.5 Å². The predicted octanol–water partition coefficient (Wildman–Crippen LogP) is 3.64. The van der Waals surface area contributed by atoms with Gasteiger partial charge in [-0.3, -0.25) is 18.6 Å².